The van der Waals surface area contributed by atoms with Gasteiger partial charge in [0.05, 0.1) is 0 Å². The monoisotopic (exact) mass is 317 g/mol. The first kappa shape index (κ1) is 18.5. The van der Waals surface area contributed by atoms with Crippen LogP contribution >= 0.6 is 0 Å². The maximum atomic E-state index is 11.2. The summed E-state index contributed by atoms with van der Waals surface area (Å²) in [5.41, 5.74) is 0. The largest absolute Gasteiger partial charge is 0.465 e. The van der Waals surface area contributed by atoms with E-state index in [1.165, 1.54) is 0 Å². The molecule has 0 spiro atoms. The molecule has 0 aliphatic carbocycles. The molecular weight excluding hydrogens is 290 g/mol. The summed E-state index contributed by atoms with van der Waals surface area (Å²) in [6.45, 7) is 3.30. The lowest BCUT2D eigenvalue weighted by Gasteiger charge is -2.46. The van der Waals surface area contributed by atoms with Gasteiger partial charge in [-0.2, -0.15) is 0 Å². The van der Waals surface area contributed by atoms with Crippen molar-refractivity contribution in [2.45, 2.75) is 51.2 Å². The zero-order valence-electron chi connectivity index (χ0n) is 13.0. The second-order valence-corrected chi connectivity index (χ2v) is 5.77. The van der Waals surface area contributed by atoms with Gasteiger partial charge in [-0.15, -0.1) is 0 Å². The van der Waals surface area contributed by atoms with Crippen molar-refractivity contribution in [3.63, 3.8) is 0 Å². The number of aliphatic hydroxyl groups excluding tert-OH is 1. The molecule has 0 aromatic rings. The minimum atomic E-state index is -1.28. The summed E-state index contributed by atoms with van der Waals surface area (Å²) in [6, 6.07) is 0. The Morgan fingerprint density at radius 3 is 2.14 bits per heavy atom. The summed E-state index contributed by atoms with van der Waals surface area (Å²) in [5, 5.41) is 32.0. The van der Waals surface area contributed by atoms with Crippen LogP contribution in [0.25, 0.3) is 0 Å². The molecule has 8 nitrogen and oxygen atoms in total. The molecule has 22 heavy (non-hydrogen) atoms. The van der Waals surface area contributed by atoms with E-state index in [1.54, 1.807) is 0 Å². The lowest BCUT2D eigenvalue weighted by atomic mass is 9.92. The highest BCUT2D eigenvalue weighted by molar-refractivity contribution is 5.69. The number of nitrogens with one attached hydrogen (secondary N) is 2. The number of rotatable bonds is 8. The van der Waals surface area contributed by atoms with Gasteiger partial charge in [0.2, 0.25) is 0 Å². The van der Waals surface area contributed by atoms with Crippen molar-refractivity contribution in [1.29, 1.82) is 0 Å². The highest BCUT2D eigenvalue weighted by Crippen LogP contribution is 2.26. The molecule has 0 unspecified atom stereocenters. The Hall–Kier alpha value is -1.54. The second-order valence-electron chi connectivity index (χ2n) is 5.77. The lowest BCUT2D eigenvalue weighted by molar-refractivity contribution is -0.00699. The standard InChI is InChI=1S/C14H27N3O5/c1-2-3-7-14(15-12(19)20,16-13(21)22)17-8-4-11(5-9-17)6-10-18/h11,15-16,18H,2-10H2,1H3,(H,19,20)(H,21,22). The highest BCUT2D eigenvalue weighted by atomic mass is 16.4. The Morgan fingerprint density at radius 1 is 1.18 bits per heavy atom. The molecule has 2 amide bonds. The van der Waals surface area contributed by atoms with Crippen LogP contribution in [0.3, 0.4) is 0 Å². The molecule has 1 aliphatic heterocycles. The predicted molar refractivity (Wildman–Crippen MR) is 80.6 cm³/mol. The minimum absolute atomic E-state index is 0.145. The maximum Gasteiger partial charge on any atom is 0.407 e. The van der Waals surface area contributed by atoms with Crippen molar-refractivity contribution in [1.82, 2.24) is 15.5 Å². The van der Waals surface area contributed by atoms with Crippen LogP contribution < -0.4 is 10.6 Å². The summed E-state index contributed by atoms with van der Waals surface area (Å²) in [4.78, 5) is 24.2. The van der Waals surface area contributed by atoms with Crippen molar-refractivity contribution >= 4 is 12.2 Å². The highest BCUT2D eigenvalue weighted by Gasteiger charge is 2.41. The predicted octanol–water partition coefficient (Wildman–Crippen LogP) is 1.46. The normalized spacial score (nSPS) is 17.2. The third-order valence-electron chi connectivity index (χ3n) is 4.21. The molecule has 8 heteroatoms. The molecule has 0 radical (unpaired) electrons. The van der Waals surface area contributed by atoms with Gasteiger partial charge in [-0.25, -0.2) is 9.59 Å². The summed E-state index contributed by atoms with van der Waals surface area (Å²) in [5.74, 6) is -0.877. The summed E-state index contributed by atoms with van der Waals surface area (Å²) in [7, 11) is 0. The Kier molecular flexibility index (Phi) is 7.40. The number of hydrogen-bond donors (Lipinski definition) is 5. The molecular formula is C14H27N3O5. The summed E-state index contributed by atoms with van der Waals surface area (Å²) < 4.78 is 0. The molecule has 0 saturated carbocycles. The molecule has 0 aromatic heterocycles. The first-order valence-electron chi connectivity index (χ1n) is 7.81. The zero-order valence-corrected chi connectivity index (χ0v) is 13.0. The van der Waals surface area contributed by atoms with Gasteiger partial charge in [-0.3, -0.25) is 15.5 Å². The molecule has 1 fully saturated rings. The van der Waals surface area contributed by atoms with E-state index < -0.39 is 18.0 Å². The molecule has 5 N–H and O–H groups in total. The van der Waals surface area contributed by atoms with Gasteiger partial charge in [0.25, 0.3) is 0 Å². The Labute approximate surface area is 130 Å². The van der Waals surface area contributed by atoms with Crippen LogP contribution in [0, 0.1) is 5.92 Å². The fraction of sp³-hybridized carbons (Fsp3) is 0.857. The smallest absolute Gasteiger partial charge is 0.407 e. The van der Waals surface area contributed by atoms with Gasteiger partial charge in [-0.1, -0.05) is 13.3 Å². The molecule has 0 atom stereocenters. The van der Waals surface area contributed by atoms with E-state index in [2.05, 4.69) is 10.6 Å². The van der Waals surface area contributed by atoms with Gasteiger partial charge in [0, 0.05) is 26.1 Å². The Balaban J connectivity index is 2.86. The van der Waals surface area contributed by atoms with E-state index in [9.17, 15) is 9.59 Å². The molecule has 1 saturated heterocycles. The molecule has 0 bridgehead atoms. The van der Waals surface area contributed by atoms with E-state index in [-0.39, 0.29) is 6.61 Å². The first-order valence-corrected chi connectivity index (χ1v) is 7.81. The van der Waals surface area contributed by atoms with Crippen LogP contribution in [0.15, 0.2) is 0 Å². The van der Waals surface area contributed by atoms with Crippen molar-refractivity contribution in [3.8, 4) is 0 Å². The minimum Gasteiger partial charge on any atom is -0.465 e. The van der Waals surface area contributed by atoms with Gasteiger partial charge < -0.3 is 15.3 Å². The average Bonchev–Trinajstić information content (AvgIpc) is 2.44. The zero-order chi connectivity index (χ0) is 16.6. The number of aliphatic hydroxyl groups is 1. The first-order chi connectivity index (χ1) is 10.4. The number of nitrogens with zero attached hydrogens (tertiary/aromatic N) is 1. The van der Waals surface area contributed by atoms with E-state index in [4.69, 9.17) is 15.3 Å². The average molecular weight is 317 g/mol. The van der Waals surface area contributed by atoms with Gasteiger partial charge in [0.1, 0.15) is 0 Å². The molecule has 0 aromatic carbocycles. The summed E-state index contributed by atoms with van der Waals surface area (Å²) in [6.07, 6.45) is 1.79. The molecule has 1 aliphatic rings. The van der Waals surface area contributed by atoms with Gasteiger partial charge in [-0.05, 0) is 31.6 Å². The van der Waals surface area contributed by atoms with Crippen molar-refractivity contribution in [2.75, 3.05) is 19.7 Å². The quantitative estimate of drug-likeness (QED) is 0.432. The SMILES string of the molecule is CCCCC(NC(=O)O)(NC(=O)O)N1CCC(CCO)CC1. The van der Waals surface area contributed by atoms with Crippen LogP contribution in [0.2, 0.25) is 0 Å². The van der Waals surface area contributed by atoms with Crippen LogP contribution in [-0.2, 0) is 0 Å². The Bertz CT molecular complexity index is 353. The van der Waals surface area contributed by atoms with Crippen molar-refractivity contribution < 1.29 is 24.9 Å². The maximum absolute atomic E-state index is 11.2. The lowest BCUT2D eigenvalue weighted by Crippen LogP contribution is -2.71. The van der Waals surface area contributed by atoms with Crippen LogP contribution in [-0.4, -0.2) is 57.9 Å². The van der Waals surface area contributed by atoms with E-state index in [1.807, 2.05) is 11.8 Å². The fourth-order valence-electron chi connectivity index (χ4n) is 3.04. The summed E-state index contributed by atoms with van der Waals surface area (Å²) >= 11 is 0. The van der Waals surface area contributed by atoms with Crippen molar-refractivity contribution in [3.05, 3.63) is 0 Å². The fourth-order valence-corrected chi connectivity index (χ4v) is 3.04. The number of likely N-dealkylation sites (tertiary alicyclic amines) is 1. The topological polar surface area (TPSA) is 122 Å². The number of carbonyl (C=O) groups is 2. The second kappa shape index (κ2) is 8.79. The third-order valence-corrected chi connectivity index (χ3v) is 4.21. The van der Waals surface area contributed by atoms with E-state index >= 15 is 0 Å². The van der Waals surface area contributed by atoms with Crippen molar-refractivity contribution in [2.24, 2.45) is 5.92 Å². The molecule has 128 valence electrons. The number of hydrogen-bond acceptors (Lipinski definition) is 4. The number of amides is 2. The van der Waals surface area contributed by atoms with Crippen LogP contribution in [0.1, 0.15) is 45.4 Å². The molecule has 1 heterocycles. The third kappa shape index (κ3) is 5.34. The molecule has 1 rings (SSSR count). The van der Waals surface area contributed by atoms with Crippen LogP contribution in [0.4, 0.5) is 9.59 Å². The van der Waals surface area contributed by atoms with Gasteiger partial charge in [0.15, 0.2) is 5.79 Å². The van der Waals surface area contributed by atoms with Crippen LogP contribution in [0.5, 0.6) is 0 Å². The van der Waals surface area contributed by atoms with Gasteiger partial charge >= 0.3 is 12.2 Å². The Morgan fingerprint density at radius 2 is 1.73 bits per heavy atom. The number of carboxylic acid groups (broad SMARTS) is 2. The van der Waals surface area contributed by atoms with E-state index in [0.29, 0.717) is 31.8 Å². The van der Waals surface area contributed by atoms with E-state index in [0.717, 1.165) is 25.7 Å². The number of unbranched alkanes of at least 4 members (excludes halogenated alkanes) is 1. The number of piperidine rings is 1.